The molecule has 442 valence electrons. The summed E-state index contributed by atoms with van der Waals surface area (Å²) in [6.45, 7) is 3.05. The molecule has 26 nitrogen and oxygen atoms in total. The molecule has 4 atom stereocenters. The number of ketones is 1. The van der Waals surface area contributed by atoms with Gasteiger partial charge in [0.2, 0.25) is 11.8 Å². The zero-order valence-electron chi connectivity index (χ0n) is 44.9. The largest absolute Gasteiger partial charge is 0.481 e. The number of unbranched alkanes of at least 4 members (excludes halogenated alkanes) is 3. The number of urea groups is 2. The molecule has 0 fully saturated rings. The number of nitrogens with two attached hydrogens (primary N) is 1. The first-order chi connectivity index (χ1) is 38.4. The molecule has 3 rings (SSSR count). The summed E-state index contributed by atoms with van der Waals surface area (Å²) < 4.78 is 19.5. The van der Waals surface area contributed by atoms with Crippen molar-refractivity contribution in [3.63, 3.8) is 0 Å². The monoisotopic (exact) mass is 1240 g/mol. The van der Waals surface area contributed by atoms with Gasteiger partial charge < -0.3 is 72.3 Å². The topological polar surface area (TPSA) is 391 Å². The molecule has 0 radical (unpaired) electrons. The number of aliphatic carboxylic acids is 4. The fourth-order valence-corrected chi connectivity index (χ4v) is 8.27. The standard InChI is InChI=1S/C53H77IN10O16/c54-39-18-16-36(17-19-39)33-47(67)56-24-5-2-9-37(49(70)71)10-8-15-45(65)41(13-1-4-23-55)59-46(66)22-27-78-29-31-80-32-30-79-28-26-64-35-44(62-63-64)38-11-7-12-40(34-38)58-52(76)57-25-6-3-14-42(50(72)73)60-53(77)61-43(51(74)75)20-21-48(68)69/h7,11-12,16-19,34-35,37,41-43H,1-6,8-10,13-15,20-33,55H2,(H,56,67)(H,59,66)(H,68,69)(H,70,71)(H,72,73)(H,74,75)(H2,57,58,76)(H2,60,61,77)/t37-,41+,42+,43+/m1/s1. The Bertz CT molecular complexity index is 2410. The molecule has 0 aliphatic carbocycles. The number of ether oxygens (including phenoxy) is 3. The number of carboxylic acid groups (broad SMARTS) is 4. The van der Waals surface area contributed by atoms with Crippen LogP contribution in [0, 0.1) is 9.49 Å². The third kappa shape index (κ3) is 30.0. The van der Waals surface area contributed by atoms with E-state index in [1.165, 1.54) is 0 Å². The number of carbonyl (C=O) groups excluding carboxylic acids is 5. The summed E-state index contributed by atoms with van der Waals surface area (Å²) in [4.78, 5) is 109. The van der Waals surface area contributed by atoms with Crippen molar-refractivity contribution in [3.05, 3.63) is 63.9 Å². The molecule has 80 heavy (non-hydrogen) atoms. The van der Waals surface area contributed by atoms with Crippen LogP contribution in [0.4, 0.5) is 15.3 Å². The minimum absolute atomic E-state index is 0.0217. The molecule has 0 aliphatic rings. The fourth-order valence-electron chi connectivity index (χ4n) is 7.91. The molecule has 3 aromatic rings. The van der Waals surface area contributed by atoms with Crippen LogP contribution in [0.1, 0.15) is 102 Å². The maximum absolute atomic E-state index is 13.2. The zero-order valence-corrected chi connectivity index (χ0v) is 47.0. The van der Waals surface area contributed by atoms with E-state index in [0.717, 1.165) is 9.13 Å². The van der Waals surface area contributed by atoms with E-state index in [9.17, 15) is 58.5 Å². The number of rotatable bonds is 44. The van der Waals surface area contributed by atoms with E-state index < -0.39 is 66.4 Å². The lowest BCUT2D eigenvalue weighted by Crippen LogP contribution is -2.51. The Morgan fingerprint density at radius 2 is 1.21 bits per heavy atom. The smallest absolute Gasteiger partial charge is 0.326 e. The predicted octanol–water partition coefficient (Wildman–Crippen LogP) is 3.94. The minimum Gasteiger partial charge on any atom is -0.481 e. The summed E-state index contributed by atoms with van der Waals surface area (Å²) in [6.07, 6.45) is 6.07. The molecular weight excluding hydrogens is 1160 g/mol. The number of benzene rings is 2. The van der Waals surface area contributed by atoms with Crippen LogP contribution in [0.5, 0.6) is 0 Å². The summed E-state index contributed by atoms with van der Waals surface area (Å²) in [5, 5.41) is 61.0. The third-order valence-corrected chi connectivity index (χ3v) is 13.0. The molecule has 6 amide bonds. The van der Waals surface area contributed by atoms with E-state index in [-0.39, 0.29) is 82.5 Å². The highest BCUT2D eigenvalue weighted by atomic mass is 127. The van der Waals surface area contributed by atoms with Gasteiger partial charge >= 0.3 is 35.9 Å². The minimum atomic E-state index is -1.52. The number of nitrogens with one attached hydrogen (secondary N) is 6. The van der Waals surface area contributed by atoms with Gasteiger partial charge in [-0.25, -0.2) is 23.9 Å². The first kappa shape index (κ1) is 67.5. The SMILES string of the molecule is NCCCC[C@H](NC(=O)CCOCCOCCOCCn1cc(-c2cccc(NC(=O)NCCCC[C@H](NC(=O)N[C@@H](CCC(=O)O)C(=O)O)C(=O)O)c2)nn1)C(=O)CCC[C@@H](CCCCNC(=O)Cc1ccc(I)cc1)C(=O)O. The zero-order chi connectivity index (χ0) is 58.5. The van der Waals surface area contributed by atoms with Crippen molar-refractivity contribution in [2.45, 2.75) is 127 Å². The van der Waals surface area contributed by atoms with Gasteiger partial charge in [-0.1, -0.05) is 35.9 Å². The van der Waals surface area contributed by atoms with Crippen molar-refractivity contribution >= 4 is 81.8 Å². The van der Waals surface area contributed by atoms with Crippen LogP contribution in [0.2, 0.25) is 0 Å². The Kier molecular flexibility index (Phi) is 33.3. The van der Waals surface area contributed by atoms with Gasteiger partial charge in [0.25, 0.3) is 0 Å². The Balaban J connectivity index is 1.24. The van der Waals surface area contributed by atoms with Gasteiger partial charge in [-0.15, -0.1) is 5.10 Å². The van der Waals surface area contributed by atoms with Gasteiger partial charge in [-0.2, -0.15) is 0 Å². The quantitative estimate of drug-likeness (QED) is 0.0282. The molecule has 27 heteroatoms. The average Bonchev–Trinajstić information content (AvgIpc) is 3.91. The number of nitrogens with zero attached hydrogens (tertiary/aromatic N) is 3. The van der Waals surface area contributed by atoms with Crippen molar-refractivity contribution in [3.8, 4) is 11.3 Å². The van der Waals surface area contributed by atoms with Crippen molar-refractivity contribution < 1.29 is 77.8 Å². The molecule has 12 N–H and O–H groups in total. The lowest BCUT2D eigenvalue weighted by atomic mass is 9.93. The lowest BCUT2D eigenvalue weighted by Gasteiger charge is -2.18. The molecule has 2 aromatic carbocycles. The molecular formula is C53H77IN10O16. The Hall–Kier alpha value is -6.82. The first-order valence-corrected chi connectivity index (χ1v) is 27.8. The Morgan fingerprint density at radius 1 is 0.600 bits per heavy atom. The van der Waals surface area contributed by atoms with Gasteiger partial charge in [-0.05, 0) is 130 Å². The van der Waals surface area contributed by atoms with Crippen LogP contribution in [-0.2, 0) is 60.7 Å². The molecule has 0 unspecified atom stereocenters. The highest BCUT2D eigenvalue weighted by Gasteiger charge is 2.26. The molecule has 0 aliphatic heterocycles. The van der Waals surface area contributed by atoms with Crippen molar-refractivity contribution in [2.24, 2.45) is 11.7 Å². The maximum Gasteiger partial charge on any atom is 0.326 e. The molecule has 0 saturated heterocycles. The first-order valence-electron chi connectivity index (χ1n) is 26.7. The Morgan fingerprint density at radius 3 is 1.88 bits per heavy atom. The number of carbonyl (C=O) groups is 9. The number of aromatic nitrogens is 3. The van der Waals surface area contributed by atoms with Crippen LogP contribution in [0.15, 0.2) is 54.7 Å². The van der Waals surface area contributed by atoms with Crippen LogP contribution in [-0.4, -0.2) is 166 Å². The van der Waals surface area contributed by atoms with E-state index in [1.54, 1.807) is 35.1 Å². The Labute approximate surface area is 477 Å². The fraction of sp³-hybridized carbons (Fsp3) is 0.566. The van der Waals surface area contributed by atoms with E-state index >= 15 is 0 Å². The number of anilines is 1. The molecule has 0 spiro atoms. The molecule has 0 bridgehead atoms. The average molecular weight is 1240 g/mol. The van der Waals surface area contributed by atoms with Crippen LogP contribution in [0.25, 0.3) is 11.3 Å². The number of carboxylic acids is 4. The van der Waals surface area contributed by atoms with Crippen LogP contribution >= 0.6 is 22.6 Å². The summed E-state index contributed by atoms with van der Waals surface area (Å²) in [5.41, 5.74) is 8.29. The van der Waals surface area contributed by atoms with Crippen LogP contribution in [0.3, 0.4) is 0 Å². The number of amides is 6. The number of hydrogen-bond acceptors (Lipinski definition) is 15. The summed E-state index contributed by atoms with van der Waals surface area (Å²) >= 11 is 2.21. The maximum atomic E-state index is 13.2. The summed E-state index contributed by atoms with van der Waals surface area (Å²) in [7, 11) is 0. The highest BCUT2D eigenvalue weighted by Crippen LogP contribution is 2.21. The van der Waals surface area contributed by atoms with Gasteiger partial charge in [0, 0.05) is 47.2 Å². The molecule has 0 saturated carbocycles. The van der Waals surface area contributed by atoms with E-state index in [0.29, 0.717) is 114 Å². The van der Waals surface area contributed by atoms with E-state index in [1.807, 2.05) is 24.3 Å². The highest BCUT2D eigenvalue weighted by molar-refractivity contribution is 14.1. The number of Topliss-reactive ketones (excluding diaryl/α,β-unsaturated/α-hetero) is 1. The second-order valence-corrected chi connectivity index (χ2v) is 19.9. The third-order valence-electron chi connectivity index (χ3n) is 12.3. The van der Waals surface area contributed by atoms with Crippen molar-refractivity contribution in [2.75, 3.05) is 64.6 Å². The van der Waals surface area contributed by atoms with Crippen LogP contribution < -0.4 is 37.6 Å². The number of halogens is 1. The van der Waals surface area contributed by atoms with Gasteiger partial charge in [0.05, 0.1) is 70.8 Å². The molecule has 1 aromatic heterocycles. The van der Waals surface area contributed by atoms with Crippen molar-refractivity contribution in [1.82, 2.24) is 41.6 Å². The van der Waals surface area contributed by atoms with Crippen molar-refractivity contribution in [1.29, 1.82) is 0 Å². The normalized spacial score (nSPS) is 12.5. The summed E-state index contributed by atoms with van der Waals surface area (Å²) in [6, 6.07) is 9.50. The second-order valence-electron chi connectivity index (χ2n) is 18.7. The van der Waals surface area contributed by atoms with Gasteiger partial charge in [-0.3, -0.25) is 24.0 Å². The second kappa shape index (κ2) is 39.5. The van der Waals surface area contributed by atoms with E-state index in [2.05, 4.69) is 64.8 Å². The summed E-state index contributed by atoms with van der Waals surface area (Å²) in [5.74, 6) is -6.17. The van der Waals surface area contributed by atoms with Gasteiger partial charge in [0.1, 0.15) is 17.8 Å². The number of hydrogen-bond donors (Lipinski definition) is 11. The van der Waals surface area contributed by atoms with Gasteiger partial charge in [0.15, 0.2) is 5.78 Å². The predicted molar refractivity (Wildman–Crippen MR) is 299 cm³/mol. The molecule has 1 heterocycles. The van der Waals surface area contributed by atoms with E-state index in [4.69, 9.17) is 25.1 Å². The lowest BCUT2D eigenvalue weighted by molar-refractivity contribution is -0.143.